The van der Waals surface area contributed by atoms with E-state index in [2.05, 4.69) is 10.6 Å². The number of halogens is 1. The van der Waals surface area contributed by atoms with Gasteiger partial charge in [-0.2, -0.15) is 0 Å². The van der Waals surface area contributed by atoms with Crippen LogP contribution >= 0.6 is 0 Å². The standard InChI is InChI=1S/C14H18FN3O2/c1-2-14(5-6-17-8-14)13(20)18-9-3-4-11(15)10(7-9)12(16)19/h3-4,7,17H,2,5-6,8H2,1H3,(H2,16,19)(H,18,20). The summed E-state index contributed by atoms with van der Waals surface area (Å²) in [6.07, 6.45) is 1.48. The molecular formula is C14H18FN3O2. The Balaban J connectivity index is 2.19. The third-order valence-electron chi connectivity index (χ3n) is 3.89. The number of rotatable bonds is 4. The Bertz CT molecular complexity index is 539. The molecule has 0 bridgehead atoms. The van der Waals surface area contributed by atoms with Gasteiger partial charge in [0.05, 0.1) is 11.0 Å². The monoisotopic (exact) mass is 279 g/mol. The molecule has 1 fully saturated rings. The van der Waals surface area contributed by atoms with Crippen LogP contribution in [-0.2, 0) is 4.79 Å². The Morgan fingerprint density at radius 1 is 1.50 bits per heavy atom. The van der Waals surface area contributed by atoms with Crippen molar-refractivity contribution in [1.29, 1.82) is 0 Å². The summed E-state index contributed by atoms with van der Waals surface area (Å²) in [4.78, 5) is 23.5. The predicted octanol–water partition coefficient (Wildman–Crippen LogP) is 1.25. The first-order valence-corrected chi connectivity index (χ1v) is 6.60. The van der Waals surface area contributed by atoms with Gasteiger partial charge in [0.25, 0.3) is 5.91 Å². The number of nitrogens with one attached hydrogen (secondary N) is 2. The number of carbonyl (C=O) groups is 2. The zero-order chi connectivity index (χ0) is 14.8. The first-order chi connectivity index (χ1) is 9.48. The molecule has 1 heterocycles. The second kappa shape index (κ2) is 5.58. The van der Waals surface area contributed by atoms with Gasteiger partial charge in [0.1, 0.15) is 5.82 Å². The lowest BCUT2D eigenvalue weighted by atomic mass is 9.83. The number of hydrogen-bond donors (Lipinski definition) is 3. The van der Waals surface area contributed by atoms with E-state index in [1.54, 1.807) is 0 Å². The first kappa shape index (κ1) is 14.5. The number of carbonyl (C=O) groups excluding carboxylic acids is 2. The third kappa shape index (κ3) is 2.65. The van der Waals surface area contributed by atoms with Gasteiger partial charge in [-0.3, -0.25) is 9.59 Å². The summed E-state index contributed by atoms with van der Waals surface area (Å²) in [5.74, 6) is -1.67. The van der Waals surface area contributed by atoms with Gasteiger partial charge in [0.2, 0.25) is 5.91 Å². The summed E-state index contributed by atoms with van der Waals surface area (Å²) in [6, 6.07) is 3.81. The van der Waals surface area contributed by atoms with Crippen molar-refractivity contribution >= 4 is 17.5 Å². The Morgan fingerprint density at radius 3 is 2.80 bits per heavy atom. The number of primary amides is 1. The number of benzene rings is 1. The molecule has 4 N–H and O–H groups in total. The molecule has 0 radical (unpaired) electrons. The quantitative estimate of drug-likeness (QED) is 0.775. The van der Waals surface area contributed by atoms with E-state index in [4.69, 9.17) is 5.73 Å². The van der Waals surface area contributed by atoms with E-state index in [1.807, 2.05) is 6.92 Å². The minimum absolute atomic E-state index is 0.118. The fraction of sp³-hybridized carbons (Fsp3) is 0.429. The molecule has 1 aromatic carbocycles. The van der Waals surface area contributed by atoms with E-state index in [0.29, 0.717) is 12.2 Å². The smallest absolute Gasteiger partial charge is 0.251 e. The van der Waals surface area contributed by atoms with Crippen molar-refractivity contribution in [3.63, 3.8) is 0 Å². The van der Waals surface area contributed by atoms with Gasteiger partial charge in [-0.05, 0) is 37.6 Å². The van der Waals surface area contributed by atoms with Gasteiger partial charge in [0.15, 0.2) is 0 Å². The van der Waals surface area contributed by atoms with Crippen LogP contribution in [0.3, 0.4) is 0 Å². The van der Waals surface area contributed by atoms with Gasteiger partial charge < -0.3 is 16.4 Å². The van der Waals surface area contributed by atoms with Crippen molar-refractivity contribution in [3.8, 4) is 0 Å². The molecule has 0 saturated carbocycles. The van der Waals surface area contributed by atoms with E-state index >= 15 is 0 Å². The Labute approximate surface area is 116 Å². The molecule has 108 valence electrons. The minimum atomic E-state index is -0.855. The summed E-state index contributed by atoms with van der Waals surface area (Å²) in [7, 11) is 0. The molecule has 1 atom stereocenters. The lowest BCUT2D eigenvalue weighted by Crippen LogP contribution is -2.37. The second-order valence-corrected chi connectivity index (χ2v) is 5.07. The van der Waals surface area contributed by atoms with Crippen molar-refractivity contribution in [2.75, 3.05) is 18.4 Å². The van der Waals surface area contributed by atoms with Crippen LogP contribution in [0.1, 0.15) is 30.1 Å². The van der Waals surface area contributed by atoms with Crippen molar-refractivity contribution in [2.45, 2.75) is 19.8 Å². The Kier molecular flexibility index (Phi) is 4.04. The van der Waals surface area contributed by atoms with Crippen molar-refractivity contribution in [1.82, 2.24) is 5.32 Å². The maximum absolute atomic E-state index is 13.4. The average Bonchev–Trinajstić information content (AvgIpc) is 2.90. The Hall–Kier alpha value is -1.95. The molecule has 2 rings (SSSR count). The van der Waals surface area contributed by atoms with Crippen LogP contribution < -0.4 is 16.4 Å². The van der Waals surface area contributed by atoms with Gasteiger partial charge in [-0.1, -0.05) is 6.92 Å². The lowest BCUT2D eigenvalue weighted by Gasteiger charge is -2.25. The summed E-state index contributed by atoms with van der Waals surface area (Å²) < 4.78 is 13.4. The summed E-state index contributed by atoms with van der Waals surface area (Å²) in [5.41, 5.74) is 4.80. The molecule has 1 aliphatic heterocycles. The molecule has 6 heteroatoms. The summed E-state index contributed by atoms with van der Waals surface area (Å²) in [5, 5.41) is 5.92. The second-order valence-electron chi connectivity index (χ2n) is 5.07. The zero-order valence-corrected chi connectivity index (χ0v) is 11.3. The highest BCUT2D eigenvalue weighted by Crippen LogP contribution is 2.31. The highest BCUT2D eigenvalue weighted by atomic mass is 19.1. The minimum Gasteiger partial charge on any atom is -0.366 e. The highest BCUT2D eigenvalue weighted by Gasteiger charge is 2.39. The number of nitrogens with two attached hydrogens (primary N) is 1. The summed E-state index contributed by atoms with van der Waals surface area (Å²) >= 11 is 0. The molecule has 0 aromatic heterocycles. The first-order valence-electron chi connectivity index (χ1n) is 6.60. The molecular weight excluding hydrogens is 261 g/mol. The van der Waals surface area contributed by atoms with Gasteiger partial charge in [0, 0.05) is 12.2 Å². The molecule has 2 amide bonds. The maximum Gasteiger partial charge on any atom is 0.251 e. The van der Waals surface area contributed by atoms with Crippen LogP contribution in [0, 0.1) is 11.2 Å². The molecule has 1 saturated heterocycles. The number of amides is 2. The van der Waals surface area contributed by atoms with Crippen LogP contribution in [0.15, 0.2) is 18.2 Å². The van der Waals surface area contributed by atoms with Crippen molar-refractivity contribution in [2.24, 2.45) is 11.1 Å². The largest absolute Gasteiger partial charge is 0.366 e. The maximum atomic E-state index is 13.4. The predicted molar refractivity (Wildman–Crippen MR) is 73.8 cm³/mol. The molecule has 1 unspecified atom stereocenters. The van der Waals surface area contributed by atoms with Crippen LogP contribution in [0.25, 0.3) is 0 Å². The van der Waals surface area contributed by atoms with E-state index in [9.17, 15) is 14.0 Å². The number of anilines is 1. The highest BCUT2D eigenvalue weighted by molar-refractivity contribution is 5.98. The van der Waals surface area contributed by atoms with Crippen LogP contribution in [0.4, 0.5) is 10.1 Å². The fourth-order valence-electron chi connectivity index (χ4n) is 2.46. The van der Waals surface area contributed by atoms with Gasteiger partial charge in [-0.15, -0.1) is 0 Å². The van der Waals surface area contributed by atoms with Crippen LogP contribution in [-0.4, -0.2) is 24.9 Å². The molecule has 0 spiro atoms. The molecule has 0 aliphatic carbocycles. The fourth-order valence-corrected chi connectivity index (χ4v) is 2.46. The lowest BCUT2D eigenvalue weighted by molar-refractivity contribution is -0.124. The van der Waals surface area contributed by atoms with Crippen LogP contribution in [0.2, 0.25) is 0 Å². The van der Waals surface area contributed by atoms with E-state index in [1.165, 1.54) is 12.1 Å². The third-order valence-corrected chi connectivity index (χ3v) is 3.89. The normalized spacial score (nSPS) is 21.7. The van der Waals surface area contributed by atoms with Gasteiger partial charge >= 0.3 is 0 Å². The molecule has 1 aromatic rings. The summed E-state index contributed by atoms with van der Waals surface area (Å²) in [6.45, 7) is 3.39. The molecule has 1 aliphatic rings. The SMILES string of the molecule is CCC1(C(=O)Nc2ccc(F)c(C(N)=O)c2)CCNC1. The van der Waals surface area contributed by atoms with Crippen molar-refractivity contribution in [3.05, 3.63) is 29.6 Å². The van der Waals surface area contributed by atoms with Gasteiger partial charge in [-0.25, -0.2) is 4.39 Å². The van der Waals surface area contributed by atoms with Crippen LogP contribution in [0.5, 0.6) is 0 Å². The topological polar surface area (TPSA) is 84.2 Å². The number of hydrogen-bond acceptors (Lipinski definition) is 3. The zero-order valence-electron chi connectivity index (χ0n) is 11.3. The average molecular weight is 279 g/mol. The van der Waals surface area contributed by atoms with E-state index in [-0.39, 0.29) is 11.5 Å². The van der Waals surface area contributed by atoms with Crippen molar-refractivity contribution < 1.29 is 14.0 Å². The Morgan fingerprint density at radius 2 is 2.25 bits per heavy atom. The molecule has 20 heavy (non-hydrogen) atoms. The molecule has 5 nitrogen and oxygen atoms in total. The van der Waals surface area contributed by atoms with E-state index in [0.717, 1.165) is 25.5 Å². The van der Waals surface area contributed by atoms with E-state index < -0.39 is 17.1 Å².